The number of aromatic nitrogens is 2. The van der Waals surface area contributed by atoms with Crippen molar-refractivity contribution in [3.05, 3.63) is 52.4 Å². The van der Waals surface area contributed by atoms with Crippen LogP contribution in [0.15, 0.2) is 30.3 Å². The first-order chi connectivity index (χ1) is 11.8. The lowest BCUT2D eigenvalue weighted by Gasteiger charge is -2.33. The maximum Gasteiger partial charge on any atom is 0.224 e. The average Bonchev–Trinajstić information content (AvgIpc) is 2.62. The van der Waals surface area contributed by atoms with Crippen molar-refractivity contribution in [2.45, 2.75) is 19.5 Å². The third kappa shape index (κ3) is 3.38. The van der Waals surface area contributed by atoms with Gasteiger partial charge in [0.1, 0.15) is 5.82 Å². The summed E-state index contributed by atoms with van der Waals surface area (Å²) in [5, 5.41) is 0.344. The van der Waals surface area contributed by atoms with E-state index in [0.717, 1.165) is 63.9 Å². The molecular weight excluding hydrogens is 324 g/mol. The molecule has 1 fully saturated rings. The van der Waals surface area contributed by atoms with E-state index in [1.54, 1.807) is 0 Å². The zero-order valence-corrected chi connectivity index (χ0v) is 14.4. The van der Waals surface area contributed by atoms with E-state index in [4.69, 9.17) is 16.3 Å². The van der Waals surface area contributed by atoms with Gasteiger partial charge in [0.15, 0.2) is 0 Å². The summed E-state index contributed by atoms with van der Waals surface area (Å²) in [4.78, 5) is 13.7. The molecule has 2 aliphatic rings. The van der Waals surface area contributed by atoms with E-state index in [0.29, 0.717) is 5.28 Å². The topological polar surface area (TPSA) is 41.5 Å². The molecule has 6 heteroatoms. The first-order valence-corrected chi connectivity index (χ1v) is 8.81. The zero-order valence-electron chi connectivity index (χ0n) is 13.6. The molecule has 1 saturated heterocycles. The predicted molar refractivity (Wildman–Crippen MR) is 94.3 cm³/mol. The molecule has 4 rings (SSSR count). The van der Waals surface area contributed by atoms with Crippen LogP contribution < -0.4 is 4.90 Å². The van der Waals surface area contributed by atoms with Gasteiger partial charge in [0.25, 0.3) is 0 Å². The number of anilines is 1. The minimum absolute atomic E-state index is 0.344. The number of rotatable bonds is 3. The van der Waals surface area contributed by atoms with Crippen LogP contribution in [0.3, 0.4) is 0 Å². The number of nitrogens with zero attached hydrogens (tertiary/aromatic N) is 4. The van der Waals surface area contributed by atoms with Crippen molar-refractivity contribution >= 4 is 17.4 Å². The fourth-order valence-electron chi connectivity index (χ4n) is 3.45. The predicted octanol–water partition coefficient (Wildman–Crippen LogP) is 2.52. The van der Waals surface area contributed by atoms with Gasteiger partial charge < -0.3 is 9.64 Å². The highest BCUT2D eigenvalue weighted by Crippen LogP contribution is 2.28. The Labute approximate surface area is 147 Å². The lowest BCUT2D eigenvalue weighted by molar-refractivity contribution is 0.122. The van der Waals surface area contributed by atoms with E-state index in [9.17, 15) is 0 Å². The maximum atomic E-state index is 6.21. The third-order valence-electron chi connectivity index (χ3n) is 4.65. The normalized spacial score (nSPS) is 18.5. The van der Waals surface area contributed by atoms with E-state index in [-0.39, 0.29) is 0 Å². The van der Waals surface area contributed by atoms with Crippen LogP contribution in [0, 0.1) is 0 Å². The van der Waals surface area contributed by atoms with Crippen LogP contribution in [0.2, 0.25) is 5.28 Å². The Hall–Kier alpha value is -1.69. The standard InChI is InChI=1S/C18H21ClN4O/c19-18-20-16-13-22(12-14-4-2-1-3-5-14)7-6-15(16)17(21-18)23-8-10-24-11-9-23/h1-5H,6-13H2. The second-order valence-electron chi connectivity index (χ2n) is 6.29. The highest BCUT2D eigenvalue weighted by molar-refractivity contribution is 6.28. The molecule has 2 aromatic rings. The maximum absolute atomic E-state index is 6.21. The molecule has 0 bridgehead atoms. The van der Waals surface area contributed by atoms with Gasteiger partial charge in [-0.25, -0.2) is 9.97 Å². The van der Waals surface area contributed by atoms with Crippen LogP contribution >= 0.6 is 11.6 Å². The summed E-state index contributed by atoms with van der Waals surface area (Å²) in [5.74, 6) is 1.01. The van der Waals surface area contributed by atoms with Crippen molar-refractivity contribution in [2.75, 3.05) is 37.7 Å². The molecule has 1 aromatic heterocycles. The fourth-order valence-corrected chi connectivity index (χ4v) is 3.63. The van der Waals surface area contributed by atoms with Gasteiger partial charge in [0, 0.05) is 38.3 Å². The summed E-state index contributed by atoms with van der Waals surface area (Å²) in [5.41, 5.74) is 3.65. The lowest BCUT2D eigenvalue weighted by Crippen LogP contribution is -2.39. The number of hydrogen-bond acceptors (Lipinski definition) is 5. The Balaban J connectivity index is 1.56. The average molecular weight is 345 g/mol. The molecule has 0 N–H and O–H groups in total. The number of halogens is 1. The van der Waals surface area contributed by atoms with Gasteiger partial charge in [-0.3, -0.25) is 4.90 Å². The molecule has 0 radical (unpaired) electrons. The fraction of sp³-hybridized carbons (Fsp3) is 0.444. The number of hydrogen-bond donors (Lipinski definition) is 0. The van der Waals surface area contributed by atoms with Crippen LogP contribution in [-0.2, 0) is 24.2 Å². The van der Waals surface area contributed by atoms with E-state index >= 15 is 0 Å². The summed E-state index contributed by atoms with van der Waals surface area (Å²) < 4.78 is 5.45. The molecule has 24 heavy (non-hydrogen) atoms. The Kier molecular flexibility index (Phi) is 4.65. The molecule has 0 unspecified atom stereocenters. The van der Waals surface area contributed by atoms with Crippen molar-refractivity contribution in [2.24, 2.45) is 0 Å². The molecule has 0 saturated carbocycles. The van der Waals surface area contributed by atoms with E-state index in [1.807, 2.05) is 0 Å². The SMILES string of the molecule is Clc1nc2c(c(N3CCOCC3)n1)CCN(Cc1ccccc1)C2. The summed E-state index contributed by atoms with van der Waals surface area (Å²) in [6.45, 7) is 6.01. The Morgan fingerprint density at radius 3 is 2.62 bits per heavy atom. The van der Waals surface area contributed by atoms with Crippen molar-refractivity contribution in [3.8, 4) is 0 Å². The van der Waals surface area contributed by atoms with Crippen LogP contribution in [-0.4, -0.2) is 47.7 Å². The monoisotopic (exact) mass is 344 g/mol. The van der Waals surface area contributed by atoms with Gasteiger partial charge in [-0.1, -0.05) is 30.3 Å². The molecule has 126 valence electrons. The molecule has 0 amide bonds. The Morgan fingerprint density at radius 1 is 1.04 bits per heavy atom. The van der Waals surface area contributed by atoms with Crippen molar-refractivity contribution < 1.29 is 4.74 Å². The van der Waals surface area contributed by atoms with Gasteiger partial charge in [0.2, 0.25) is 5.28 Å². The summed E-state index contributed by atoms with van der Waals surface area (Å²) in [6.07, 6.45) is 0.964. The highest BCUT2D eigenvalue weighted by atomic mass is 35.5. The second kappa shape index (κ2) is 7.05. The highest BCUT2D eigenvalue weighted by Gasteiger charge is 2.25. The minimum Gasteiger partial charge on any atom is -0.378 e. The first-order valence-electron chi connectivity index (χ1n) is 8.44. The number of benzene rings is 1. The summed E-state index contributed by atoms with van der Waals surface area (Å²) >= 11 is 6.21. The summed E-state index contributed by atoms with van der Waals surface area (Å²) in [6, 6.07) is 10.6. The largest absolute Gasteiger partial charge is 0.378 e. The molecule has 5 nitrogen and oxygen atoms in total. The van der Waals surface area contributed by atoms with Crippen LogP contribution in [0.4, 0.5) is 5.82 Å². The van der Waals surface area contributed by atoms with Crippen LogP contribution in [0.5, 0.6) is 0 Å². The number of morpholine rings is 1. The van der Waals surface area contributed by atoms with Gasteiger partial charge in [-0.2, -0.15) is 0 Å². The van der Waals surface area contributed by atoms with E-state index < -0.39 is 0 Å². The number of ether oxygens (including phenoxy) is 1. The van der Waals surface area contributed by atoms with Gasteiger partial charge in [-0.05, 0) is 23.6 Å². The van der Waals surface area contributed by atoms with Gasteiger partial charge in [-0.15, -0.1) is 0 Å². The lowest BCUT2D eigenvalue weighted by atomic mass is 10.0. The third-order valence-corrected chi connectivity index (χ3v) is 4.82. The molecule has 1 aromatic carbocycles. The quantitative estimate of drug-likeness (QED) is 0.800. The Morgan fingerprint density at radius 2 is 1.83 bits per heavy atom. The number of fused-ring (bicyclic) bond motifs is 1. The first kappa shape index (κ1) is 15.8. The molecule has 2 aliphatic heterocycles. The van der Waals surface area contributed by atoms with Crippen molar-refractivity contribution in [1.29, 1.82) is 0 Å². The molecule has 0 atom stereocenters. The zero-order chi connectivity index (χ0) is 16.4. The van der Waals surface area contributed by atoms with Crippen molar-refractivity contribution in [3.63, 3.8) is 0 Å². The van der Waals surface area contributed by atoms with Crippen LogP contribution in [0.25, 0.3) is 0 Å². The molecule has 3 heterocycles. The van der Waals surface area contributed by atoms with E-state index in [2.05, 4.69) is 50.1 Å². The van der Waals surface area contributed by atoms with E-state index in [1.165, 1.54) is 11.1 Å². The van der Waals surface area contributed by atoms with Crippen molar-refractivity contribution in [1.82, 2.24) is 14.9 Å². The van der Waals surface area contributed by atoms with Crippen LogP contribution in [0.1, 0.15) is 16.8 Å². The van der Waals surface area contributed by atoms with Gasteiger partial charge in [0.05, 0.1) is 18.9 Å². The smallest absolute Gasteiger partial charge is 0.224 e. The minimum atomic E-state index is 0.344. The molecule has 0 spiro atoms. The molecule has 0 aliphatic carbocycles. The summed E-state index contributed by atoms with van der Waals surface area (Å²) in [7, 11) is 0. The Bertz CT molecular complexity index is 704. The second-order valence-corrected chi connectivity index (χ2v) is 6.63. The van der Waals surface area contributed by atoms with Gasteiger partial charge >= 0.3 is 0 Å². The molecular formula is C18H21ClN4O.